The molecular weight excluding hydrogens is 452 g/mol. The Bertz CT molecular complexity index is 972. The molecule has 9 heteroatoms. The molecule has 1 unspecified atom stereocenters. The van der Waals surface area contributed by atoms with E-state index in [1.807, 2.05) is 44.5 Å². The highest BCUT2D eigenvalue weighted by Gasteiger charge is 2.28. The largest absolute Gasteiger partial charge is 0.477 e. The van der Waals surface area contributed by atoms with Gasteiger partial charge in [0.2, 0.25) is 5.96 Å². The molecule has 1 aromatic carbocycles. The fraction of sp³-hybridized carbons (Fsp3) is 0.519. The zero-order valence-electron chi connectivity index (χ0n) is 22.4. The van der Waals surface area contributed by atoms with Gasteiger partial charge in [-0.25, -0.2) is 0 Å². The Morgan fingerprint density at radius 1 is 1.22 bits per heavy atom. The van der Waals surface area contributed by atoms with Gasteiger partial charge in [-0.05, 0) is 44.7 Å². The molecule has 1 aromatic rings. The molecule has 9 nitrogen and oxygen atoms in total. The molecule has 36 heavy (non-hydrogen) atoms. The van der Waals surface area contributed by atoms with Gasteiger partial charge in [-0.1, -0.05) is 50.6 Å². The Labute approximate surface area is 216 Å². The van der Waals surface area contributed by atoms with Gasteiger partial charge < -0.3 is 20.3 Å². The number of hydrogen-bond donors (Lipinski definition) is 4. The normalized spacial score (nSPS) is 17.5. The monoisotopic (exact) mass is 494 g/mol. The van der Waals surface area contributed by atoms with Crippen LogP contribution in [0.25, 0.3) is 0 Å². The lowest BCUT2D eigenvalue weighted by atomic mass is 10.1. The number of hydrazone groups is 1. The van der Waals surface area contributed by atoms with Gasteiger partial charge in [-0.2, -0.15) is 10.4 Å². The SMILES string of the molecule is CCCN=C(NC#N)NCCOC1=CC(N(CCC)CCC)=CC(C)(N/N=C/c2cccc(C)c2)N1. The van der Waals surface area contributed by atoms with E-state index in [0.29, 0.717) is 31.5 Å². The van der Waals surface area contributed by atoms with Crippen molar-refractivity contribution in [3.05, 3.63) is 59.1 Å². The van der Waals surface area contributed by atoms with Crippen LogP contribution in [-0.4, -0.2) is 55.5 Å². The number of benzene rings is 1. The van der Waals surface area contributed by atoms with Gasteiger partial charge in [-0.15, -0.1) is 0 Å². The molecule has 0 saturated heterocycles. The van der Waals surface area contributed by atoms with Gasteiger partial charge in [0.1, 0.15) is 12.3 Å². The fourth-order valence-corrected chi connectivity index (χ4v) is 3.77. The molecule has 0 radical (unpaired) electrons. The molecule has 0 saturated carbocycles. The van der Waals surface area contributed by atoms with Crippen molar-refractivity contribution in [2.75, 3.05) is 32.8 Å². The van der Waals surface area contributed by atoms with Crippen molar-refractivity contribution in [3.8, 4) is 6.19 Å². The van der Waals surface area contributed by atoms with Crippen molar-refractivity contribution in [1.82, 2.24) is 26.3 Å². The van der Waals surface area contributed by atoms with Gasteiger partial charge in [0.05, 0.1) is 12.8 Å². The Morgan fingerprint density at radius 3 is 2.67 bits per heavy atom. The summed E-state index contributed by atoms with van der Waals surface area (Å²) in [6.07, 6.45) is 11.0. The van der Waals surface area contributed by atoms with Crippen molar-refractivity contribution >= 4 is 12.2 Å². The lowest BCUT2D eigenvalue weighted by molar-refractivity contribution is 0.165. The summed E-state index contributed by atoms with van der Waals surface area (Å²) in [4.78, 5) is 6.70. The third-order valence-corrected chi connectivity index (χ3v) is 5.32. The molecule has 1 atom stereocenters. The maximum Gasteiger partial charge on any atom is 0.204 e. The maximum absolute atomic E-state index is 8.92. The molecular formula is C27H42N8O. The van der Waals surface area contributed by atoms with Crippen LogP contribution in [0.2, 0.25) is 0 Å². The lowest BCUT2D eigenvalue weighted by Gasteiger charge is -2.36. The van der Waals surface area contributed by atoms with Crippen molar-refractivity contribution in [3.63, 3.8) is 0 Å². The van der Waals surface area contributed by atoms with Crippen LogP contribution >= 0.6 is 0 Å². The fourth-order valence-electron chi connectivity index (χ4n) is 3.77. The van der Waals surface area contributed by atoms with E-state index in [0.717, 1.165) is 43.6 Å². The summed E-state index contributed by atoms with van der Waals surface area (Å²) in [6.45, 7) is 14.0. The third kappa shape index (κ3) is 9.90. The second-order valence-electron chi connectivity index (χ2n) is 8.92. The predicted octanol–water partition coefficient (Wildman–Crippen LogP) is 3.53. The van der Waals surface area contributed by atoms with Crippen molar-refractivity contribution in [2.45, 2.75) is 59.5 Å². The van der Waals surface area contributed by atoms with Crippen molar-refractivity contribution < 1.29 is 4.74 Å². The van der Waals surface area contributed by atoms with Crippen LogP contribution in [0.5, 0.6) is 0 Å². The molecule has 0 aromatic heterocycles. The Hall–Kier alpha value is -3.67. The van der Waals surface area contributed by atoms with Crippen LogP contribution < -0.4 is 21.4 Å². The van der Waals surface area contributed by atoms with E-state index >= 15 is 0 Å². The summed E-state index contributed by atoms with van der Waals surface area (Å²) in [7, 11) is 0. The topological polar surface area (TPSA) is 109 Å². The average Bonchev–Trinajstić information content (AvgIpc) is 2.84. The van der Waals surface area contributed by atoms with Crippen LogP contribution in [0, 0.1) is 18.4 Å². The smallest absolute Gasteiger partial charge is 0.204 e. The van der Waals surface area contributed by atoms with Crippen LogP contribution in [-0.2, 0) is 4.74 Å². The predicted molar refractivity (Wildman–Crippen MR) is 147 cm³/mol. The second-order valence-corrected chi connectivity index (χ2v) is 8.92. The molecule has 0 amide bonds. The van der Waals surface area contributed by atoms with Gasteiger partial charge >= 0.3 is 0 Å². The van der Waals surface area contributed by atoms with Gasteiger partial charge in [-0.3, -0.25) is 15.7 Å². The second kappa shape index (κ2) is 15.4. The van der Waals surface area contributed by atoms with E-state index in [9.17, 15) is 0 Å². The first-order valence-electron chi connectivity index (χ1n) is 12.8. The Kier molecular flexibility index (Phi) is 12.2. The van der Waals surface area contributed by atoms with E-state index in [1.54, 1.807) is 0 Å². The summed E-state index contributed by atoms with van der Waals surface area (Å²) >= 11 is 0. The molecule has 0 bridgehead atoms. The molecule has 2 rings (SSSR count). The first-order valence-corrected chi connectivity index (χ1v) is 12.8. The quantitative estimate of drug-likeness (QED) is 0.0782. The van der Waals surface area contributed by atoms with Crippen molar-refractivity contribution in [2.24, 2.45) is 10.1 Å². The number of aliphatic imine (C=N–C) groups is 1. The minimum atomic E-state index is -0.636. The van der Waals surface area contributed by atoms with Crippen LogP contribution in [0.4, 0.5) is 0 Å². The summed E-state index contributed by atoms with van der Waals surface area (Å²) in [5.41, 5.74) is 5.96. The van der Waals surface area contributed by atoms with Crippen molar-refractivity contribution in [1.29, 1.82) is 5.26 Å². The van der Waals surface area contributed by atoms with Gasteiger partial charge in [0.25, 0.3) is 0 Å². The number of dihydropyridines is 1. The highest BCUT2D eigenvalue weighted by atomic mass is 16.5. The Morgan fingerprint density at radius 2 is 2.00 bits per heavy atom. The van der Waals surface area contributed by atoms with E-state index in [2.05, 4.69) is 75.3 Å². The van der Waals surface area contributed by atoms with Gasteiger partial charge in [0, 0.05) is 31.4 Å². The zero-order chi connectivity index (χ0) is 26.2. The summed E-state index contributed by atoms with van der Waals surface area (Å²) in [5.74, 6) is 1.12. The van der Waals surface area contributed by atoms with E-state index < -0.39 is 5.66 Å². The van der Waals surface area contributed by atoms with Crippen LogP contribution in [0.3, 0.4) is 0 Å². The summed E-state index contributed by atoms with van der Waals surface area (Å²) in [5, 5.41) is 22.6. The molecule has 1 heterocycles. The molecule has 1 aliphatic rings. The van der Waals surface area contributed by atoms with E-state index in [4.69, 9.17) is 10.00 Å². The van der Waals surface area contributed by atoms with Crippen LogP contribution in [0.1, 0.15) is 58.1 Å². The number of allylic oxidation sites excluding steroid dienone is 1. The first-order chi connectivity index (χ1) is 17.4. The van der Waals surface area contributed by atoms with E-state index in [-0.39, 0.29) is 0 Å². The lowest BCUT2D eigenvalue weighted by Crippen LogP contribution is -2.53. The molecule has 4 N–H and O–H groups in total. The highest BCUT2D eigenvalue weighted by molar-refractivity contribution is 5.81. The summed E-state index contributed by atoms with van der Waals surface area (Å²) in [6, 6.07) is 8.21. The Balaban J connectivity index is 2.12. The number of nitriles is 1. The molecule has 1 aliphatic heterocycles. The third-order valence-electron chi connectivity index (χ3n) is 5.32. The summed E-state index contributed by atoms with van der Waals surface area (Å²) < 4.78 is 6.09. The molecule has 196 valence electrons. The number of aryl methyl sites for hydroxylation is 1. The molecule has 0 spiro atoms. The molecule has 0 fully saturated rings. The first kappa shape index (κ1) is 28.6. The van der Waals surface area contributed by atoms with Crippen LogP contribution in [0.15, 0.2) is 58.1 Å². The number of ether oxygens (including phenoxy) is 1. The number of guanidine groups is 1. The van der Waals surface area contributed by atoms with E-state index in [1.165, 1.54) is 5.56 Å². The number of rotatable bonds is 14. The maximum atomic E-state index is 8.92. The minimum Gasteiger partial charge on any atom is -0.477 e. The number of hydrogen-bond acceptors (Lipinski definition) is 7. The average molecular weight is 495 g/mol. The zero-order valence-corrected chi connectivity index (χ0v) is 22.4. The minimum absolute atomic E-state index is 0.397. The standard InChI is InChI=1S/C27H42N8O/c1-6-12-29-26(31-21-28)30-13-16-36-25-18-24(35(14-7-2)15-8-3)19-27(5,33-25)34-32-20-23-11-9-10-22(4)17-23/h9-11,17-20,33-34H,6-8,12-16H2,1-5H3,(H2,29,30,31)/b32-20+. The van der Waals surface area contributed by atoms with Gasteiger partial charge in [0.15, 0.2) is 12.1 Å². The number of nitrogens with zero attached hydrogens (tertiary/aromatic N) is 4. The number of nitrogens with one attached hydrogen (secondary N) is 4. The highest BCUT2D eigenvalue weighted by Crippen LogP contribution is 2.21. The molecule has 0 aliphatic carbocycles.